The molecule has 1 heterocycles. The number of hydrazone groups is 1. The minimum atomic E-state index is -0.354. The monoisotopic (exact) mass is 429 g/mol. The van der Waals surface area contributed by atoms with Crippen LogP contribution in [0.4, 0.5) is 5.69 Å². The molecule has 1 aliphatic rings. The summed E-state index contributed by atoms with van der Waals surface area (Å²) < 4.78 is 11.0. The Morgan fingerprint density at radius 3 is 2.70 bits per heavy atom. The molecule has 0 saturated heterocycles. The number of nitrogens with one attached hydrogen (secondary N) is 1. The molecule has 30 heavy (non-hydrogen) atoms. The molecule has 6 nitrogen and oxygen atoms in total. The molecule has 0 saturated carbocycles. The van der Waals surface area contributed by atoms with Gasteiger partial charge in [-0.25, -0.2) is 5.43 Å². The number of amides is 1. The standard InChI is InChI=1S/C23H28ClN3O3/c1-15-12-23(2,3)27(4)20-11-21(29-5)16(10-19(15)20)13-25-26-22(28)14-30-18-8-6-17(24)7-9-18/h6-11,13,15H,12,14H2,1-5H3,(H,26,28)/b25-13-. The lowest BCUT2D eigenvalue weighted by Crippen LogP contribution is -2.45. The molecule has 2 aromatic rings. The van der Waals surface area contributed by atoms with Crippen molar-refractivity contribution in [1.82, 2.24) is 5.43 Å². The number of benzene rings is 2. The minimum Gasteiger partial charge on any atom is -0.496 e. The van der Waals surface area contributed by atoms with E-state index in [0.717, 1.165) is 17.7 Å². The summed E-state index contributed by atoms with van der Waals surface area (Å²) in [6, 6.07) is 10.9. The Balaban J connectivity index is 1.68. The van der Waals surface area contributed by atoms with Crippen LogP contribution in [0.15, 0.2) is 41.5 Å². The molecule has 1 amide bonds. The molecule has 1 unspecified atom stereocenters. The molecule has 0 fully saturated rings. The highest BCUT2D eigenvalue weighted by molar-refractivity contribution is 6.30. The van der Waals surface area contributed by atoms with Crippen molar-refractivity contribution in [3.8, 4) is 11.5 Å². The number of rotatable bonds is 6. The zero-order valence-corrected chi connectivity index (χ0v) is 18.8. The van der Waals surface area contributed by atoms with Gasteiger partial charge in [0.2, 0.25) is 0 Å². The van der Waals surface area contributed by atoms with Crippen LogP contribution in [0.2, 0.25) is 5.02 Å². The average Bonchev–Trinajstić information content (AvgIpc) is 2.71. The van der Waals surface area contributed by atoms with Crippen LogP contribution in [0.25, 0.3) is 0 Å². The van der Waals surface area contributed by atoms with Crippen molar-refractivity contribution in [3.63, 3.8) is 0 Å². The smallest absolute Gasteiger partial charge is 0.277 e. The summed E-state index contributed by atoms with van der Waals surface area (Å²) in [7, 11) is 3.74. The van der Waals surface area contributed by atoms with E-state index in [4.69, 9.17) is 21.1 Å². The number of hydrogen-bond acceptors (Lipinski definition) is 5. The van der Waals surface area contributed by atoms with Crippen molar-refractivity contribution >= 4 is 29.4 Å². The first-order valence-corrected chi connectivity index (χ1v) is 10.2. The first kappa shape index (κ1) is 22.0. The molecule has 160 valence electrons. The van der Waals surface area contributed by atoms with E-state index in [2.05, 4.69) is 49.3 Å². The summed E-state index contributed by atoms with van der Waals surface area (Å²) in [5, 5.41) is 4.69. The fourth-order valence-corrected chi connectivity index (χ4v) is 3.90. The van der Waals surface area contributed by atoms with Gasteiger partial charge in [0.15, 0.2) is 6.61 Å². The Bertz CT molecular complexity index is 941. The first-order chi connectivity index (χ1) is 14.2. The third-order valence-corrected chi connectivity index (χ3v) is 5.81. The molecule has 0 radical (unpaired) electrons. The van der Waals surface area contributed by atoms with Crippen molar-refractivity contribution in [2.24, 2.45) is 5.10 Å². The fraction of sp³-hybridized carbons (Fsp3) is 0.391. The third-order valence-electron chi connectivity index (χ3n) is 5.56. The summed E-state index contributed by atoms with van der Waals surface area (Å²) in [6.45, 7) is 6.58. The van der Waals surface area contributed by atoms with Gasteiger partial charge in [0.05, 0.1) is 13.3 Å². The second-order valence-electron chi connectivity index (χ2n) is 8.17. The number of carbonyl (C=O) groups excluding carboxylic acids is 1. The van der Waals surface area contributed by atoms with Gasteiger partial charge in [-0.2, -0.15) is 5.10 Å². The number of ether oxygens (including phenoxy) is 2. The maximum Gasteiger partial charge on any atom is 0.277 e. The van der Waals surface area contributed by atoms with Crippen LogP contribution < -0.4 is 19.8 Å². The number of anilines is 1. The Hall–Kier alpha value is -2.73. The molecule has 2 aromatic carbocycles. The van der Waals surface area contributed by atoms with Gasteiger partial charge in [0, 0.05) is 34.9 Å². The van der Waals surface area contributed by atoms with E-state index in [-0.39, 0.29) is 18.1 Å². The van der Waals surface area contributed by atoms with Crippen molar-refractivity contribution in [2.45, 2.75) is 38.6 Å². The molecule has 3 rings (SSSR count). The van der Waals surface area contributed by atoms with Crippen molar-refractivity contribution < 1.29 is 14.3 Å². The number of nitrogens with zero attached hydrogens (tertiary/aromatic N) is 2. The second kappa shape index (κ2) is 8.96. The minimum absolute atomic E-state index is 0.0745. The van der Waals surface area contributed by atoms with Crippen LogP contribution in [-0.2, 0) is 4.79 Å². The first-order valence-electron chi connectivity index (χ1n) is 9.87. The predicted octanol–water partition coefficient (Wildman–Crippen LogP) is 4.60. The van der Waals surface area contributed by atoms with Gasteiger partial charge in [-0.1, -0.05) is 18.5 Å². The molecule has 0 bridgehead atoms. The van der Waals surface area contributed by atoms with E-state index in [0.29, 0.717) is 22.4 Å². The molecule has 1 N–H and O–H groups in total. The van der Waals surface area contributed by atoms with Crippen molar-refractivity contribution in [1.29, 1.82) is 0 Å². The molecule has 7 heteroatoms. The zero-order valence-electron chi connectivity index (χ0n) is 18.0. The average molecular weight is 430 g/mol. The molecular weight excluding hydrogens is 402 g/mol. The highest BCUT2D eigenvalue weighted by Crippen LogP contribution is 2.44. The number of methoxy groups -OCH3 is 1. The number of hydrogen-bond donors (Lipinski definition) is 1. The number of fused-ring (bicyclic) bond motifs is 1. The highest BCUT2D eigenvalue weighted by Gasteiger charge is 2.34. The van der Waals surface area contributed by atoms with E-state index in [1.807, 2.05) is 6.07 Å². The van der Waals surface area contributed by atoms with Crippen molar-refractivity contribution in [3.05, 3.63) is 52.5 Å². The molecule has 1 aliphatic heterocycles. The Morgan fingerprint density at radius 2 is 2.03 bits per heavy atom. The van der Waals surface area contributed by atoms with Crippen LogP contribution in [-0.4, -0.2) is 38.4 Å². The lowest BCUT2D eigenvalue weighted by atomic mass is 9.80. The maximum absolute atomic E-state index is 12.0. The lowest BCUT2D eigenvalue weighted by molar-refractivity contribution is -0.123. The Kier molecular flexibility index (Phi) is 6.56. The molecule has 0 spiro atoms. The summed E-state index contributed by atoms with van der Waals surface area (Å²) >= 11 is 5.83. The predicted molar refractivity (Wildman–Crippen MR) is 121 cm³/mol. The second-order valence-corrected chi connectivity index (χ2v) is 8.60. The van der Waals surface area contributed by atoms with Crippen molar-refractivity contribution in [2.75, 3.05) is 25.7 Å². The highest BCUT2D eigenvalue weighted by atomic mass is 35.5. The van der Waals surface area contributed by atoms with Gasteiger partial charge in [-0.05, 0) is 62.1 Å². The largest absolute Gasteiger partial charge is 0.496 e. The topological polar surface area (TPSA) is 63.2 Å². The van der Waals surface area contributed by atoms with Crippen LogP contribution in [0.5, 0.6) is 11.5 Å². The quantitative estimate of drug-likeness (QED) is 0.538. The van der Waals surface area contributed by atoms with Crippen LogP contribution in [0, 0.1) is 0 Å². The van der Waals surface area contributed by atoms with Crippen LogP contribution in [0.3, 0.4) is 0 Å². The molecule has 1 atom stereocenters. The summed E-state index contributed by atoms with van der Waals surface area (Å²) in [6.07, 6.45) is 2.66. The Labute approximate surface area is 182 Å². The van der Waals surface area contributed by atoms with E-state index >= 15 is 0 Å². The molecule has 0 aliphatic carbocycles. The van der Waals surface area contributed by atoms with Gasteiger partial charge in [-0.3, -0.25) is 4.79 Å². The fourth-order valence-electron chi connectivity index (χ4n) is 3.77. The zero-order chi connectivity index (χ0) is 21.9. The lowest BCUT2D eigenvalue weighted by Gasteiger charge is -2.45. The van der Waals surface area contributed by atoms with E-state index in [9.17, 15) is 4.79 Å². The van der Waals surface area contributed by atoms with Gasteiger partial charge in [0.1, 0.15) is 11.5 Å². The van der Waals surface area contributed by atoms with Gasteiger partial charge in [0.25, 0.3) is 5.91 Å². The van der Waals surface area contributed by atoms with Gasteiger partial charge < -0.3 is 14.4 Å². The normalized spacial score (nSPS) is 17.5. The maximum atomic E-state index is 12.0. The van der Waals surface area contributed by atoms with E-state index in [1.165, 1.54) is 5.56 Å². The van der Waals surface area contributed by atoms with Gasteiger partial charge in [-0.15, -0.1) is 0 Å². The summed E-state index contributed by atoms with van der Waals surface area (Å²) in [5.41, 5.74) is 5.79. The third kappa shape index (κ3) is 4.87. The summed E-state index contributed by atoms with van der Waals surface area (Å²) in [5.74, 6) is 1.33. The van der Waals surface area contributed by atoms with E-state index < -0.39 is 0 Å². The van der Waals surface area contributed by atoms with Crippen LogP contribution >= 0.6 is 11.6 Å². The Morgan fingerprint density at radius 1 is 1.33 bits per heavy atom. The SMILES string of the molecule is COc1cc2c(cc1/C=N\NC(=O)COc1ccc(Cl)cc1)C(C)CC(C)(C)N2C. The molecular formula is C23H28ClN3O3. The van der Waals surface area contributed by atoms with Gasteiger partial charge >= 0.3 is 0 Å². The van der Waals surface area contributed by atoms with Crippen LogP contribution in [0.1, 0.15) is 44.2 Å². The number of carbonyl (C=O) groups is 1. The molecule has 0 aromatic heterocycles. The number of halogens is 1. The van der Waals surface area contributed by atoms with E-state index in [1.54, 1.807) is 37.6 Å². The summed E-state index contributed by atoms with van der Waals surface area (Å²) in [4.78, 5) is 14.3.